The van der Waals surface area contributed by atoms with Crippen molar-refractivity contribution in [2.45, 2.75) is 6.42 Å². The van der Waals surface area contributed by atoms with Crippen LogP contribution in [0, 0.1) is 23.2 Å². The van der Waals surface area contributed by atoms with E-state index < -0.39 is 0 Å². The Labute approximate surface area is 89.1 Å². The van der Waals surface area contributed by atoms with Crippen molar-refractivity contribution in [3.63, 3.8) is 0 Å². The molecule has 0 heterocycles. The number of hydrogen-bond donors (Lipinski definition) is 2. The zero-order valence-electron chi connectivity index (χ0n) is 7.62. The standard InChI is InChI=1S/C11H10N2S/c12-8-10-9(4-1-2-7-14)5-3-6-11(10)13/h3,5-6,14H,2,7,13H2. The van der Waals surface area contributed by atoms with Crippen molar-refractivity contribution in [3.8, 4) is 17.9 Å². The zero-order valence-corrected chi connectivity index (χ0v) is 8.51. The van der Waals surface area contributed by atoms with Gasteiger partial charge in [-0.25, -0.2) is 0 Å². The second-order valence-electron chi connectivity index (χ2n) is 2.66. The number of nitrogen functional groups attached to an aromatic ring is 1. The minimum Gasteiger partial charge on any atom is -0.398 e. The monoisotopic (exact) mass is 202 g/mol. The molecule has 0 atom stereocenters. The quantitative estimate of drug-likeness (QED) is 0.414. The Morgan fingerprint density at radius 2 is 2.21 bits per heavy atom. The summed E-state index contributed by atoms with van der Waals surface area (Å²) in [4.78, 5) is 0. The first-order chi connectivity index (χ1) is 6.79. The summed E-state index contributed by atoms with van der Waals surface area (Å²) in [6, 6.07) is 7.33. The first-order valence-corrected chi connectivity index (χ1v) is 4.81. The van der Waals surface area contributed by atoms with Crippen LogP contribution in [0.15, 0.2) is 18.2 Å². The van der Waals surface area contributed by atoms with Crippen LogP contribution in [0.2, 0.25) is 0 Å². The van der Waals surface area contributed by atoms with Crippen molar-refractivity contribution < 1.29 is 0 Å². The first kappa shape index (κ1) is 10.5. The molecule has 0 aliphatic carbocycles. The molecule has 0 spiro atoms. The fourth-order valence-corrected chi connectivity index (χ4v) is 1.12. The molecule has 2 N–H and O–H groups in total. The van der Waals surface area contributed by atoms with Crippen LogP contribution < -0.4 is 5.73 Å². The molecule has 2 nitrogen and oxygen atoms in total. The maximum atomic E-state index is 8.84. The maximum absolute atomic E-state index is 8.84. The zero-order chi connectivity index (χ0) is 10.4. The number of nitrogens with zero attached hydrogens (tertiary/aromatic N) is 1. The maximum Gasteiger partial charge on any atom is 0.103 e. The number of rotatable bonds is 1. The van der Waals surface area contributed by atoms with Crippen LogP contribution in [0.1, 0.15) is 17.5 Å². The molecule has 0 aliphatic heterocycles. The number of nitrogens with two attached hydrogens (primary N) is 1. The third-order valence-electron chi connectivity index (χ3n) is 1.67. The molecule has 0 aliphatic rings. The van der Waals surface area contributed by atoms with Crippen molar-refractivity contribution in [2.75, 3.05) is 11.5 Å². The largest absolute Gasteiger partial charge is 0.398 e. The van der Waals surface area contributed by atoms with Gasteiger partial charge in [0.25, 0.3) is 0 Å². The molecule has 1 aromatic rings. The average Bonchev–Trinajstić information content (AvgIpc) is 2.18. The van der Waals surface area contributed by atoms with Gasteiger partial charge in [-0.2, -0.15) is 17.9 Å². The van der Waals surface area contributed by atoms with Gasteiger partial charge in [-0.3, -0.25) is 0 Å². The molecule has 70 valence electrons. The number of nitriles is 1. The lowest BCUT2D eigenvalue weighted by Crippen LogP contribution is -1.92. The van der Waals surface area contributed by atoms with Crippen molar-refractivity contribution in [1.82, 2.24) is 0 Å². The second-order valence-corrected chi connectivity index (χ2v) is 3.10. The fraction of sp³-hybridized carbons (Fsp3) is 0.182. The van der Waals surface area contributed by atoms with E-state index in [0.717, 1.165) is 5.75 Å². The average molecular weight is 202 g/mol. The van der Waals surface area contributed by atoms with Crippen LogP contribution in [-0.2, 0) is 0 Å². The van der Waals surface area contributed by atoms with Crippen LogP contribution in [0.4, 0.5) is 5.69 Å². The summed E-state index contributed by atoms with van der Waals surface area (Å²) in [7, 11) is 0. The minimum absolute atomic E-state index is 0.458. The van der Waals surface area contributed by atoms with Crippen molar-refractivity contribution in [2.24, 2.45) is 0 Å². The first-order valence-electron chi connectivity index (χ1n) is 4.18. The Balaban J connectivity index is 3.06. The predicted octanol–water partition coefficient (Wildman–Crippen LogP) is 1.81. The van der Waals surface area contributed by atoms with Gasteiger partial charge >= 0.3 is 0 Å². The van der Waals surface area contributed by atoms with E-state index in [1.54, 1.807) is 18.2 Å². The Morgan fingerprint density at radius 3 is 2.86 bits per heavy atom. The summed E-state index contributed by atoms with van der Waals surface area (Å²) in [5.74, 6) is 6.54. The van der Waals surface area contributed by atoms with E-state index in [-0.39, 0.29) is 0 Å². The highest BCUT2D eigenvalue weighted by atomic mass is 32.1. The number of anilines is 1. The summed E-state index contributed by atoms with van der Waals surface area (Å²) in [6.45, 7) is 0. The van der Waals surface area contributed by atoms with Gasteiger partial charge in [-0.15, -0.1) is 0 Å². The highest BCUT2D eigenvalue weighted by Gasteiger charge is 2.01. The Kier molecular flexibility index (Phi) is 3.91. The van der Waals surface area contributed by atoms with E-state index in [9.17, 15) is 0 Å². The molecule has 0 amide bonds. The van der Waals surface area contributed by atoms with Crippen LogP contribution >= 0.6 is 12.6 Å². The van der Waals surface area contributed by atoms with Gasteiger partial charge in [0.1, 0.15) is 6.07 Å². The normalized spacial score (nSPS) is 8.57. The summed E-state index contributed by atoms with van der Waals surface area (Å²) >= 11 is 4.04. The van der Waals surface area contributed by atoms with Crippen molar-refractivity contribution in [1.29, 1.82) is 5.26 Å². The summed E-state index contributed by atoms with van der Waals surface area (Å²) in [5, 5.41) is 8.84. The molecule has 0 saturated carbocycles. The van der Waals surface area contributed by atoms with Crippen LogP contribution in [0.25, 0.3) is 0 Å². The van der Waals surface area contributed by atoms with Crippen molar-refractivity contribution in [3.05, 3.63) is 29.3 Å². The molecular weight excluding hydrogens is 192 g/mol. The molecule has 0 unspecified atom stereocenters. The molecule has 14 heavy (non-hydrogen) atoms. The molecule has 1 aromatic carbocycles. The molecule has 3 heteroatoms. The van der Waals surface area contributed by atoms with Crippen LogP contribution in [0.3, 0.4) is 0 Å². The fourth-order valence-electron chi connectivity index (χ4n) is 1.01. The molecule has 0 saturated heterocycles. The molecule has 0 radical (unpaired) electrons. The van der Waals surface area contributed by atoms with E-state index in [4.69, 9.17) is 11.0 Å². The van der Waals surface area contributed by atoms with Gasteiger partial charge in [-0.1, -0.05) is 17.9 Å². The van der Waals surface area contributed by atoms with Gasteiger partial charge in [-0.05, 0) is 12.1 Å². The highest BCUT2D eigenvalue weighted by molar-refractivity contribution is 7.80. The predicted molar refractivity (Wildman–Crippen MR) is 60.9 cm³/mol. The number of thiol groups is 1. The van der Waals surface area contributed by atoms with E-state index in [0.29, 0.717) is 23.2 Å². The highest BCUT2D eigenvalue weighted by Crippen LogP contribution is 2.14. The lowest BCUT2D eigenvalue weighted by Gasteiger charge is -1.98. The van der Waals surface area contributed by atoms with E-state index >= 15 is 0 Å². The van der Waals surface area contributed by atoms with E-state index in [2.05, 4.69) is 24.5 Å². The molecule has 0 bridgehead atoms. The molecule has 0 fully saturated rings. The van der Waals surface area contributed by atoms with Gasteiger partial charge in [0, 0.05) is 17.7 Å². The molecular formula is C11H10N2S. The topological polar surface area (TPSA) is 49.8 Å². The Morgan fingerprint density at radius 1 is 1.43 bits per heavy atom. The van der Waals surface area contributed by atoms with Gasteiger partial charge in [0.05, 0.1) is 11.3 Å². The lowest BCUT2D eigenvalue weighted by atomic mass is 10.1. The smallest absolute Gasteiger partial charge is 0.103 e. The molecule has 0 aromatic heterocycles. The minimum atomic E-state index is 0.458. The van der Waals surface area contributed by atoms with E-state index in [1.165, 1.54) is 0 Å². The Hall–Kier alpha value is -1.58. The summed E-state index contributed by atoms with van der Waals surface area (Å²) < 4.78 is 0. The number of benzene rings is 1. The Bertz CT molecular complexity index is 421. The second kappa shape index (κ2) is 5.21. The number of hydrogen-bond acceptors (Lipinski definition) is 3. The third-order valence-corrected chi connectivity index (χ3v) is 1.89. The van der Waals surface area contributed by atoms with Gasteiger partial charge in [0.2, 0.25) is 0 Å². The SMILES string of the molecule is N#Cc1c(N)cccc1C#CCCS. The summed E-state index contributed by atoms with van der Waals surface area (Å²) in [5.41, 5.74) is 7.25. The van der Waals surface area contributed by atoms with Crippen molar-refractivity contribution >= 4 is 18.3 Å². The van der Waals surface area contributed by atoms with Crippen LogP contribution in [-0.4, -0.2) is 5.75 Å². The lowest BCUT2D eigenvalue weighted by molar-refractivity contribution is 1.31. The molecule has 1 rings (SSSR count). The van der Waals surface area contributed by atoms with Gasteiger partial charge in [0.15, 0.2) is 0 Å². The van der Waals surface area contributed by atoms with E-state index in [1.807, 2.05) is 6.07 Å². The summed E-state index contributed by atoms with van der Waals surface area (Å²) in [6.07, 6.45) is 0.711. The van der Waals surface area contributed by atoms with Crippen LogP contribution in [0.5, 0.6) is 0 Å². The van der Waals surface area contributed by atoms with Gasteiger partial charge < -0.3 is 5.73 Å². The third kappa shape index (κ3) is 2.45.